The lowest BCUT2D eigenvalue weighted by Gasteiger charge is -2.00. The number of fused-ring (bicyclic) bond motifs is 1. The van der Waals surface area contributed by atoms with Crippen LogP contribution >= 0.6 is 0 Å². The molecular weight excluding hydrogens is 252 g/mol. The van der Waals surface area contributed by atoms with E-state index in [9.17, 15) is 0 Å². The summed E-state index contributed by atoms with van der Waals surface area (Å²) in [6, 6.07) is 9.93. The molecular formula is C15H12N4O. The molecule has 0 aliphatic carbocycles. The first kappa shape index (κ1) is 11.2. The summed E-state index contributed by atoms with van der Waals surface area (Å²) >= 11 is 0. The number of benzene rings is 1. The molecule has 1 aliphatic rings. The number of nitrogens with zero attached hydrogens (tertiary/aromatic N) is 3. The number of aromatic nitrogens is 3. The maximum Gasteiger partial charge on any atom is 0.258 e. The third kappa shape index (κ3) is 1.84. The SMILES string of the molecule is c1cncc(-c2noc(-c3ccc4c(c3)CCN4)n2)c1. The van der Waals surface area contributed by atoms with Gasteiger partial charge >= 0.3 is 0 Å². The van der Waals surface area contributed by atoms with Crippen LogP contribution in [0.4, 0.5) is 5.69 Å². The van der Waals surface area contributed by atoms with E-state index in [0.717, 1.165) is 24.1 Å². The molecule has 0 atom stereocenters. The molecule has 2 aromatic heterocycles. The summed E-state index contributed by atoms with van der Waals surface area (Å²) in [5.41, 5.74) is 4.30. The van der Waals surface area contributed by atoms with Crippen molar-refractivity contribution in [2.75, 3.05) is 11.9 Å². The van der Waals surface area contributed by atoms with E-state index in [2.05, 4.69) is 32.6 Å². The molecule has 0 saturated heterocycles. The van der Waals surface area contributed by atoms with E-state index in [-0.39, 0.29) is 0 Å². The molecule has 98 valence electrons. The summed E-state index contributed by atoms with van der Waals surface area (Å²) in [4.78, 5) is 8.50. The fourth-order valence-corrected chi connectivity index (χ4v) is 2.39. The Morgan fingerprint density at radius 2 is 2.15 bits per heavy atom. The normalized spacial score (nSPS) is 13.0. The van der Waals surface area contributed by atoms with Crippen LogP contribution in [0.2, 0.25) is 0 Å². The quantitative estimate of drug-likeness (QED) is 0.771. The Kier molecular flexibility index (Phi) is 2.48. The molecule has 0 amide bonds. The van der Waals surface area contributed by atoms with E-state index in [1.807, 2.05) is 18.2 Å². The summed E-state index contributed by atoms with van der Waals surface area (Å²) < 4.78 is 5.36. The Labute approximate surface area is 115 Å². The first-order valence-corrected chi connectivity index (χ1v) is 6.51. The largest absolute Gasteiger partial charge is 0.384 e. The van der Waals surface area contributed by atoms with Gasteiger partial charge in [-0.15, -0.1) is 0 Å². The van der Waals surface area contributed by atoms with Gasteiger partial charge in [-0.3, -0.25) is 4.98 Å². The van der Waals surface area contributed by atoms with Crippen molar-refractivity contribution in [1.29, 1.82) is 0 Å². The molecule has 3 aromatic rings. The van der Waals surface area contributed by atoms with Gasteiger partial charge < -0.3 is 9.84 Å². The minimum absolute atomic E-state index is 0.540. The van der Waals surface area contributed by atoms with Gasteiger partial charge in [0.2, 0.25) is 5.82 Å². The fraction of sp³-hybridized carbons (Fsp3) is 0.133. The highest BCUT2D eigenvalue weighted by Crippen LogP contribution is 2.28. The summed E-state index contributed by atoms with van der Waals surface area (Å²) in [6.07, 6.45) is 4.48. The van der Waals surface area contributed by atoms with Gasteiger partial charge in [0.05, 0.1) is 0 Å². The van der Waals surface area contributed by atoms with Crippen LogP contribution in [0, 0.1) is 0 Å². The van der Waals surface area contributed by atoms with E-state index in [4.69, 9.17) is 4.52 Å². The van der Waals surface area contributed by atoms with Gasteiger partial charge in [0.1, 0.15) is 0 Å². The zero-order chi connectivity index (χ0) is 13.4. The average molecular weight is 264 g/mol. The van der Waals surface area contributed by atoms with Crippen molar-refractivity contribution in [3.63, 3.8) is 0 Å². The predicted octanol–water partition coefficient (Wildman–Crippen LogP) is 2.77. The van der Waals surface area contributed by atoms with Gasteiger partial charge in [-0.25, -0.2) is 0 Å². The molecule has 3 heterocycles. The van der Waals surface area contributed by atoms with Crippen molar-refractivity contribution in [3.8, 4) is 22.8 Å². The van der Waals surface area contributed by atoms with Gasteiger partial charge in [-0.1, -0.05) is 5.16 Å². The Morgan fingerprint density at radius 1 is 1.15 bits per heavy atom. The Balaban J connectivity index is 1.72. The molecule has 0 unspecified atom stereocenters. The molecule has 1 aliphatic heterocycles. The second-order valence-electron chi connectivity index (χ2n) is 4.71. The number of hydrogen-bond donors (Lipinski definition) is 1. The Bertz CT molecular complexity index is 752. The first-order valence-electron chi connectivity index (χ1n) is 6.51. The molecule has 5 nitrogen and oxygen atoms in total. The highest BCUT2D eigenvalue weighted by atomic mass is 16.5. The second kappa shape index (κ2) is 4.45. The summed E-state index contributed by atoms with van der Waals surface area (Å²) in [5.74, 6) is 1.10. The van der Waals surface area contributed by atoms with Crippen molar-refractivity contribution in [2.45, 2.75) is 6.42 Å². The van der Waals surface area contributed by atoms with Gasteiger partial charge in [-0.2, -0.15) is 4.98 Å². The van der Waals surface area contributed by atoms with E-state index in [1.54, 1.807) is 12.4 Å². The topological polar surface area (TPSA) is 63.8 Å². The number of nitrogens with one attached hydrogen (secondary N) is 1. The van der Waals surface area contributed by atoms with E-state index >= 15 is 0 Å². The minimum Gasteiger partial charge on any atom is -0.384 e. The van der Waals surface area contributed by atoms with Gasteiger partial charge in [0.15, 0.2) is 0 Å². The third-order valence-corrected chi connectivity index (χ3v) is 3.41. The molecule has 4 rings (SSSR count). The minimum atomic E-state index is 0.540. The highest BCUT2D eigenvalue weighted by molar-refractivity contribution is 5.66. The monoisotopic (exact) mass is 264 g/mol. The molecule has 0 radical (unpaired) electrons. The average Bonchev–Trinajstić information content (AvgIpc) is 3.16. The van der Waals surface area contributed by atoms with Crippen molar-refractivity contribution >= 4 is 5.69 Å². The van der Waals surface area contributed by atoms with Crippen LogP contribution < -0.4 is 5.32 Å². The number of anilines is 1. The van der Waals surface area contributed by atoms with Crippen molar-refractivity contribution < 1.29 is 4.52 Å². The number of rotatable bonds is 2. The summed E-state index contributed by atoms with van der Waals surface area (Å²) in [5, 5.41) is 7.35. The molecule has 0 saturated carbocycles. The van der Waals surface area contributed by atoms with Crippen LogP contribution in [0.15, 0.2) is 47.2 Å². The first-order chi connectivity index (χ1) is 9.90. The van der Waals surface area contributed by atoms with E-state index in [1.165, 1.54) is 11.3 Å². The van der Waals surface area contributed by atoms with Crippen molar-refractivity contribution in [1.82, 2.24) is 15.1 Å². The van der Waals surface area contributed by atoms with Gasteiger partial charge in [0.25, 0.3) is 5.89 Å². The maximum absolute atomic E-state index is 5.36. The van der Waals surface area contributed by atoms with Crippen LogP contribution in [0.25, 0.3) is 22.8 Å². The van der Waals surface area contributed by atoms with Gasteiger partial charge in [0, 0.05) is 35.8 Å². The van der Waals surface area contributed by atoms with Crippen molar-refractivity contribution in [2.24, 2.45) is 0 Å². The number of hydrogen-bond acceptors (Lipinski definition) is 5. The lowest BCUT2D eigenvalue weighted by atomic mass is 10.1. The smallest absolute Gasteiger partial charge is 0.258 e. The third-order valence-electron chi connectivity index (χ3n) is 3.41. The summed E-state index contributed by atoms with van der Waals surface area (Å²) in [7, 11) is 0. The number of pyridine rings is 1. The van der Waals surface area contributed by atoms with E-state index < -0.39 is 0 Å². The highest BCUT2D eigenvalue weighted by Gasteiger charge is 2.14. The molecule has 1 aromatic carbocycles. The zero-order valence-corrected chi connectivity index (χ0v) is 10.7. The van der Waals surface area contributed by atoms with Crippen LogP contribution in [0.1, 0.15) is 5.56 Å². The molecule has 0 bridgehead atoms. The van der Waals surface area contributed by atoms with Crippen molar-refractivity contribution in [3.05, 3.63) is 48.3 Å². The standard InChI is InChI=1S/C15H12N4O/c1-2-12(9-16-6-1)14-18-15(20-19-14)11-3-4-13-10(8-11)5-7-17-13/h1-4,6,8-9,17H,5,7H2. The maximum atomic E-state index is 5.36. The van der Waals surface area contributed by atoms with Crippen LogP contribution in [0.3, 0.4) is 0 Å². The van der Waals surface area contributed by atoms with E-state index in [0.29, 0.717) is 11.7 Å². The Hall–Kier alpha value is -2.69. The second-order valence-corrected chi connectivity index (χ2v) is 4.71. The molecule has 1 N–H and O–H groups in total. The van der Waals surface area contributed by atoms with Crippen LogP contribution in [0.5, 0.6) is 0 Å². The van der Waals surface area contributed by atoms with Crippen LogP contribution in [-0.4, -0.2) is 21.7 Å². The molecule has 20 heavy (non-hydrogen) atoms. The fourth-order valence-electron chi connectivity index (χ4n) is 2.39. The van der Waals surface area contributed by atoms with Crippen LogP contribution in [-0.2, 0) is 6.42 Å². The lowest BCUT2D eigenvalue weighted by molar-refractivity contribution is 0.432. The van der Waals surface area contributed by atoms with Gasteiger partial charge in [-0.05, 0) is 42.3 Å². The molecule has 0 spiro atoms. The molecule has 0 fully saturated rings. The summed E-state index contributed by atoms with van der Waals surface area (Å²) in [6.45, 7) is 0.990. The Morgan fingerprint density at radius 3 is 3.05 bits per heavy atom. The predicted molar refractivity (Wildman–Crippen MR) is 75.2 cm³/mol. The zero-order valence-electron chi connectivity index (χ0n) is 10.7. The lowest BCUT2D eigenvalue weighted by Crippen LogP contribution is -1.90. The molecule has 5 heteroatoms.